The summed E-state index contributed by atoms with van der Waals surface area (Å²) in [5, 5.41) is 8.70. The van der Waals surface area contributed by atoms with E-state index in [9.17, 15) is 9.59 Å². The molecule has 0 atom stereocenters. The Morgan fingerprint density at radius 1 is 1.36 bits per heavy atom. The van der Waals surface area contributed by atoms with E-state index in [1.54, 1.807) is 0 Å². The highest BCUT2D eigenvalue weighted by atomic mass is 32.1. The predicted octanol–water partition coefficient (Wildman–Crippen LogP) is 2.40. The Hall–Kier alpha value is -1.89. The third kappa shape index (κ3) is 3.47. The molecule has 0 radical (unpaired) electrons. The van der Waals surface area contributed by atoms with Crippen molar-refractivity contribution in [1.82, 2.24) is 15.0 Å². The Morgan fingerprint density at radius 3 is 2.82 bits per heavy atom. The topological polar surface area (TPSA) is 77.1 Å². The van der Waals surface area contributed by atoms with Crippen LogP contribution in [-0.4, -0.2) is 21.7 Å². The van der Waals surface area contributed by atoms with Crippen molar-refractivity contribution < 1.29 is 9.32 Å². The van der Waals surface area contributed by atoms with Gasteiger partial charge in [-0.2, -0.15) is 0 Å². The van der Waals surface area contributed by atoms with Gasteiger partial charge in [-0.25, -0.2) is 9.36 Å². The maximum absolute atomic E-state index is 12.2. The largest absolute Gasteiger partial charge is 0.442 e. The van der Waals surface area contributed by atoms with E-state index in [0.717, 1.165) is 30.6 Å². The van der Waals surface area contributed by atoms with E-state index in [1.807, 2.05) is 17.5 Å². The minimum absolute atomic E-state index is 0.0495. The minimum atomic E-state index is -0.598. The first-order valence-corrected chi connectivity index (χ1v) is 8.52. The summed E-state index contributed by atoms with van der Waals surface area (Å²) in [5.74, 6) is -0.342. The molecule has 118 valence electrons. The van der Waals surface area contributed by atoms with Gasteiger partial charge in [-0.3, -0.25) is 9.32 Å². The maximum atomic E-state index is 12.2. The Labute approximate surface area is 132 Å². The Bertz CT molecular complexity index is 667. The minimum Gasteiger partial charge on any atom is -0.352 e. The van der Waals surface area contributed by atoms with Gasteiger partial charge in [0.15, 0.2) is 5.82 Å². The lowest BCUT2D eigenvalue weighted by atomic mass is 10.1. The standard InChI is InChI=1S/C15H19N3O3S/c19-13(16-11-6-3-1-2-4-7-11)10-18-14(17-21-15(18)20)12-8-5-9-22-12/h5,8-9,11H,1-4,6-7,10H2,(H,16,19). The lowest BCUT2D eigenvalue weighted by Gasteiger charge is -2.16. The molecule has 1 fully saturated rings. The molecule has 0 aromatic carbocycles. The number of aromatic nitrogens is 2. The second kappa shape index (κ2) is 6.91. The van der Waals surface area contributed by atoms with Crippen LogP contribution in [0, 0.1) is 0 Å². The van der Waals surface area contributed by atoms with Gasteiger partial charge in [0.05, 0.1) is 4.88 Å². The molecule has 6 nitrogen and oxygen atoms in total. The third-order valence-electron chi connectivity index (χ3n) is 3.95. The van der Waals surface area contributed by atoms with E-state index < -0.39 is 5.76 Å². The summed E-state index contributed by atoms with van der Waals surface area (Å²) < 4.78 is 6.00. The zero-order valence-corrected chi connectivity index (χ0v) is 13.1. The highest BCUT2D eigenvalue weighted by Crippen LogP contribution is 2.21. The normalized spacial score (nSPS) is 16.4. The summed E-state index contributed by atoms with van der Waals surface area (Å²) in [4.78, 5) is 24.8. The van der Waals surface area contributed by atoms with Gasteiger partial charge in [-0.1, -0.05) is 36.9 Å². The summed E-state index contributed by atoms with van der Waals surface area (Å²) in [6.07, 6.45) is 6.81. The van der Waals surface area contributed by atoms with Crippen molar-refractivity contribution in [3.63, 3.8) is 0 Å². The second-order valence-corrected chi connectivity index (χ2v) is 6.54. The molecule has 1 amide bonds. The summed E-state index contributed by atoms with van der Waals surface area (Å²) >= 11 is 1.46. The molecule has 1 aliphatic carbocycles. The average molecular weight is 321 g/mol. The van der Waals surface area contributed by atoms with Gasteiger partial charge in [0.25, 0.3) is 0 Å². The van der Waals surface area contributed by atoms with Crippen LogP contribution in [-0.2, 0) is 11.3 Å². The number of hydrogen-bond acceptors (Lipinski definition) is 5. The zero-order valence-electron chi connectivity index (χ0n) is 12.3. The van der Waals surface area contributed by atoms with Crippen LogP contribution in [0.15, 0.2) is 26.8 Å². The molecule has 0 saturated heterocycles. The van der Waals surface area contributed by atoms with E-state index >= 15 is 0 Å². The van der Waals surface area contributed by atoms with Gasteiger partial charge in [0, 0.05) is 6.04 Å². The Morgan fingerprint density at radius 2 is 2.14 bits per heavy atom. The van der Waals surface area contributed by atoms with Crippen molar-refractivity contribution in [2.45, 2.75) is 51.1 Å². The lowest BCUT2D eigenvalue weighted by molar-refractivity contribution is -0.122. The number of nitrogens with zero attached hydrogens (tertiary/aromatic N) is 2. The molecule has 3 rings (SSSR count). The van der Waals surface area contributed by atoms with Crippen molar-refractivity contribution in [3.8, 4) is 10.7 Å². The van der Waals surface area contributed by atoms with Crippen LogP contribution < -0.4 is 11.1 Å². The van der Waals surface area contributed by atoms with Crippen molar-refractivity contribution in [2.24, 2.45) is 0 Å². The number of amides is 1. The summed E-state index contributed by atoms with van der Waals surface area (Å²) in [6, 6.07) is 3.94. The molecular weight excluding hydrogens is 302 g/mol. The van der Waals surface area contributed by atoms with Crippen LogP contribution in [0.5, 0.6) is 0 Å². The van der Waals surface area contributed by atoms with Gasteiger partial charge < -0.3 is 5.32 Å². The molecule has 0 spiro atoms. The van der Waals surface area contributed by atoms with Crippen molar-refractivity contribution in [2.75, 3.05) is 0 Å². The van der Waals surface area contributed by atoms with Crippen LogP contribution in [0.25, 0.3) is 10.7 Å². The van der Waals surface area contributed by atoms with Gasteiger partial charge >= 0.3 is 5.76 Å². The maximum Gasteiger partial charge on any atom is 0.442 e. The molecule has 2 aromatic rings. The Balaban J connectivity index is 1.69. The fourth-order valence-electron chi connectivity index (χ4n) is 2.83. The van der Waals surface area contributed by atoms with Gasteiger partial charge in [0.2, 0.25) is 5.91 Å². The highest BCUT2D eigenvalue weighted by Gasteiger charge is 2.19. The number of hydrogen-bond donors (Lipinski definition) is 1. The van der Waals surface area contributed by atoms with Crippen LogP contribution >= 0.6 is 11.3 Å². The first-order valence-electron chi connectivity index (χ1n) is 7.64. The molecule has 7 heteroatoms. The van der Waals surface area contributed by atoms with Crippen LogP contribution in [0.1, 0.15) is 38.5 Å². The average Bonchev–Trinajstić information content (AvgIpc) is 3.06. The van der Waals surface area contributed by atoms with E-state index in [4.69, 9.17) is 4.52 Å². The summed E-state index contributed by atoms with van der Waals surface area (Å²) in [7, 11) is 0. The molecule has 0 unspecified atom stereocenters. The first kappa shape index (κ1) is 15.0. The van der Waals surface area contributed by atoms with Crippen molar-refractivity contribution in [3.05, 3.63) is 28.1 Å². The second-order valence-electron chi connectivity index (χ2n) is 5.59. The fourth-order valence-corrected chi connectivity index (χ4v) is 3.54. The van der Waals surface area contributed by atoms with E-state index in [0.29, 0.717) is 5.82 Å². The van der Waals surface area contributed by atoms with Gasteiger partial charge in [0.1, 0.15) is 6.54 Å². The van der Waals surface area contributed by atoms with Gasteiger partial charge in [-0.15, -0.1) is 11.3 Å². The SMILES string of the molecule is O=C(Cn1c(-c2cccs2)noc1=O)NC1CCCCCC1. The van der Waals surface area contributed by atoms with Gasteiger partial charge in [-0.05, 0) is 24.3 Å². The predicted molar refractivity (Wildman–Crippen MR) is 83.7 cm³/mol. The zero-order chi connectivity index (χ0) is 15.4. The molecule has 1 saturated carbocycles. The number of thiophene rings is 1. The van der Waals surface area contributed by atoms with E-state index in [1.165, 1.54) is 28.7 Å². The van der Waals surface area contributed by atoms with Crippen molar-refractivity contribution >= 4 is 17.2 Å². The van der Waals surface area contributed by atoms with Crippen LogP contribution in [0.3, 0.4) is 0 Å². The molecule has 0 aliphatic heterocycles. The molecule has 0 bridgehead atoms. The number of rotatable bonds is 4. The number of carbonyl (C=O) groups is 1. The highest BCUT2D eigenvalue weighted by molar-refractivity contribution is 7.13. The number of nitrogens with one attached hydrogen (secondary N) is 1. The number of carbonyl (C=O) groups excluding carboxylic acids is 1. The van der Waals surface area contributed by atoms with Crippen LogP contribution in [0.2, 0.25) is 0 Å². The molecule has 1 aliphatic rings. The monoisotopic (exact) mass is 321 g/mol. The summed E-state index contributed by atoms with van der Waals surface area (Å²) in [6.45, 7) is -0.0495. The molecule has 1 N–H and O–H groups in total. The van der Waals surface area contributed by atoms with Crippen molar-refractivity contribution in [1.29, 1.82) is 0 Å². The quantitative estimate of drug-likeness (QED) is 0.877. The van der Waals surface area contributed by atoms with E-state index in [2.05, 4.69) is 10.5 Å². The lowest BCUT2D eigenvalue weighted by Crippen LogP contribution is -2.38. The van der Waals surface area contributed by atoms with Crippen LogP contribution in [0.4, 0.5) is 0 Å². The smallest absolute Gasteiger partial charge is 0.352 e. The molecule has 2 heterocycles. The summed E-state index contributed by atoms with van der Waals surface area (Å²) in [5.41, 5.74) is 0. The fraction of sp³-hybridized carbons (Fsp3) is 0.533. The van der Waals surface area contributed by atoms with E-state index in [-0.39, 0.29) is 18.5 Å². The first-order chi connectivity index (χ1) is 10.7. The molecular formula is C15H19N3O3S. The third-order valence-corrected chi connectivity index (χ3v) is 4.82. The molecule has 2 aromatic heterocycles. The Kier molecular flexibility index (Phi) is 4.72. The molecule has 22 heavy (non-hydrogen) atoms.